The van der Waals surface area contributed by atoms with E-state index in [2.05, 4.69) is 10.2 Å². The van der Waals surface area contributed by atoms with Crippen molar-refractivity contribution >= 4 is 5.69 Å². The zero-order valence-corrected chi connectivity index (χ0v) is 9.05. The predicted molar refractivity (Wildman–Crippen MR) is 62.0 cm³/mol. The van der Waals surface area contributed by atoms with Gasteiger partial charge in [0.1, 0.15) is 6.61 Å². The lowest BCUT2D eigenvalue weighted by Gasteiger charge is -2.05. The molecule has 0 aliphatic rings. The second-order valence-electron chi connectivity index (χ2n) is 3.60. The van der Waals surface area contributed by atoms with Crippen molar-refractivity contribution in [1.82, 2.24) is 10.2 Å². The highest BCUT2D eigenvalue weighted by molar-refractivity contribution is 5.39. The Kier molecular flexibility index (Phi) is 3.00. The van der Waals surface area contributed by atoms with Crippen molar-refractivity contribution in [2.75, 3.05) is 5.73 Å². The number of nitrogen functional groups attached to an aromatic ring is 1. The first kappa shape index (κ1) is 10.4. The Labute approximate surface area is 94.1 Å². The van der Waals surface area contributed by atoms with Gasteiger partial charge in [0.15, 0.2) is 0 Å². The molecule has 4 nitrogen and oxygen atoms in total. The number of ether oxygens (including phenoxy) is 1. The number of hydrogen-bond acceptors (Lipinski definition) is 4. The van der Waals surface area contributed by atoms with Crippen molar-refractivity contribution < 1.29 is 4.74 Å². The van der Waals surface area contributed by atoms with Gasteiger partial charge in [0, 0.05) is 11.8 Å². The van der Waals surface area contributed by atoms with Crippen molar-refractivity contribution in [3.8, 4) is 5.88 Å². The maximum absolute atomic E-state index is 5.59. The van der Waals surface area contributed by atoms with Crippen LogP contribution in [0.5, 0.6) is 5.88 Å². The van der Waals surface area contributed by atoms with Crippen molar-refractivity contribution in [1.29, 1.82) is 0 Å². The van der Waals surface area contributed by atoms with Crippen LogP contribution in [0.1, 0.15) is 11.1 Å². The number of rotatable bonds is 3. The average Bonchev–Trinajstić information content (AvgIpc) is 2.28. The smallest absolute Gasteiger partial charge is 0.233 e. The molecule has 4 heteroatoms. The molecule has 0 bridgehead atoms. The van der Waals surface area contributed by atoms with Crippen LogP contribution in [0.3, 0.4) is 0 Å². The summed E-state index contributed by atoms with van der Waals surface area (Å²) in [6.45, 7) is 2.42. The van der Waals surface area contributed by atoms with E-state index in [9.17, 15) is 0 Å². The molecule has 16 heavy (non-hydrogen) atoms. The summed E-state index contributed by atoms with van der Waals surface area (Å²) in [4.78, 5) is 0. The predicted octanol–water partition coefficient (Wildman–Crippen LogP) is 1.95. The molecule has 0 fully saturated rings. The van der Waals surface area contributed by atoms with Crippen LogP contribution in [0.15, 0.2) is 36.5 Å². The lowest BCUT2D eigenvalue weighted by atomic mass is 10.2. The quantitative estimate of drug-likeness (QED) is 0.795. The molecule has 2 aromatic rings. The van der Waals surface area contributed by atoms with Gasteiger partial charge >= 0.3 is 0 Å². The number of anilines is 1. The molecule has 0 unspecified atom stereocenters. The van der Waals surface area contributed by atoms with Gasteiger partial charge < -0.3 is 10.5 Å². The SMILES string of the molecule is Cc1cnnc(OCc2ccc(N)cc2)c1. The van der Waals surface area contributed by atoms with Gasteiger partial charge in [-0.1, -0.05) is 12.1 Å². The van der Waals surface area contributed by atoms with Gasteiger partial charge in [-0.2, -0.15) is 5.10 Å². The minimum absolute atomic E-state index is 0.471. The number of aromatic nitrogens is 2. The standard InChI is InChI=1S/C12H13N3O/c1-9-6-12(15-14-7-9)16-8-10-2-4-11(13)5-3-10/h2-7H,8,13H2,1H3. The molecular formula is C12H13N3O. The number of nitrogens with zero attached hydrogens (tertiary/aromatic N) is 2. The Hall–Kier alpha value is -2.10. The van der Waals surface area contributed by atoms with Crippen LogP contribution in [0.2, 0.25) is 0 Å². The van der Waals surface area contributed by atoms with Crippen LogP contribution < -0.4 is 10.5 Å². The Morgan fingerprint density at radius 1 is 1.25 bits per heavy atom. The maximum atomic E-state index is 5.59. The molecule has 0 amide bonds. The van der Waals surface area contributed by atoms with E-state index in [1.54, 1.807) is 6.20 Å². The second-order valence-corrected chi connectivity index (χ2v) is 3.60. The summed E-state index contributed by atoms with van der Waals surface area (Å²) in [7, 11) is 0. The fourth-order valence-corrected chi connectivity index (χ4v) is 1.28. The maximum Gasteiger partial charge on any atom is 0.233 e. The van der Waals surface area contributed by atoms with Crippen LogP contribution in [0.25, 0.3) is 0 Å². The van der Waals surface area contributed by atoms with Gasteiger partial charge in [-0.15, -0.1) is 5.10 Å². The molecule has 0 atom stereocenters. The first-order chi connectivity index (χ1) is 7.74. The van der Waals surface area contributed by atoms with E-state index >= 15 is 0 Å². The fraction of sp³-hybridized carbons (Fsp3) is 0.167. The Balaban J connectivity index is 1.99. The highest BCUT2D eigenvalue weighted by Crippen LogP contribution is 2.11. The first-order valence-corrected chi connectivity index (χ1v) is 5.00. The van der Waals surface area contributed by atoms with E-state index in [1.165, 1.54) is 0 Å². The fourth-order valence-electron chi connectivity index (χ4n) is 1.28. The minimum Gasteiger partial charge on any atom is -0.472 e. The largest absolute Gasteiger partial charge is 0.472 e. The molecule has 82 valence electrons. The molecule has 0 saturated heterocycles. The van der Waals surface area contributed by atoms with Crippen molar-refractivity contribution in [2.45, 2.75) is 13.5 Å². The second kappa shape index (κ2) is 4.61. The summed E-state index contributed by atoms with van der Waals surface area (Å²) in [5.41, 5.74) is 8.42. The Bertz CT molecular complexity index is 468. The lowest BCUT2D eigenvalue weighted by Crippen LogP contribution is -1.98. The molecule has 0 saturated carbocycles. The number of aryl methyl sites for hydroxylation is 1. The average molecular weight is 215 g/mol. The van der Waals surface area contributed by atoms with Crippen LogP contribution in [-0.2, 0) is 6.61 Å². The topological polar surface area (TPSA) is 61.0 Å². The van der Waals surface area contributed by atoms with Crippen LogP contribution >= 0.6 is 0 Å². The molecule has 0 radical (unpaired) electrons. The normalized spacial score (nSPS) is 10.1. The summed E-state index contributed by atoms with van der Waals surface area (Å²) in [5.74, 6) is 0.539. The van der Waals surface area contributed by atoms with E-state index in [1.807, 2.05) is 37.3 Å². The highest BCUT2D eigenvalue weighted by Gasteiger charge is 1.98. The summed E-state index contributed by atoms with van der Waals surface area (Å²) in [6, 6.07) is 9.41. The van der Waals surface area contributed by atoms with Gasteiger partial charge in [-0.3, -0.25) is 0 Å². The van der Waals surface area contributed by atoms with E-state index in [0.29, 0.717) is 12.5 Å². The van der Waals surface area contributed by atoms with Crippen molar-refractivity contribution in [3.63, 3.8) is 0 Å². The summed E-state index contributed by atoms with van der Waals surface area (Å²) >= 11 is 0. The number of nitrogens with two attached hydrogens (primary N) is 1. The third-order valence-electron chi connectivity index (χ3n) is 2.14. The van der Waals surface area contributed by atoms with Gasteiger partial charge in [-0.25, -0.2) is 0 Å². The van der Waals surface area contributed by atoms with Crippen LogP contribution in [-0.4, -0.2) is 10.2 Å². The number of hydrogen-bond donors (Lipinski definition) is 1. The summed E-state index contributed by atoms with van der Waals surface area (Å²) in [6.07, 6.45) is 1.69. The first-order valence-electron chi connectivity index (χ1n) is 5.00. The zero-order chi connectivity index (χ0) is 11.4. The van der Waals surface area contributed by atoms with Gasteiger partial charge in [0.25, 0.3) is 0 Å². The van der Waals surface area contributed by atoms with E-state index < -0.39 is 0 Å². The van der Waals surface area contributed by atoms with Crippen LogP contribution in [0.4, 0.5) is 5.69 Å². The monoisotopic (exact) mass is 215 g/mol. The van der Waals surface area contributed by atoms with Crippen molar-refractivity contribution in [3.05, 3.63) is 47.7 Å². The molecule has 0 aliphatic heterocycles. The van der Waals surface area contributed by atoms with Gasteiger partial charge in [0.2, 0.25) is 5.88 Å². The van der Waals surface area contributed by atoms with E-state index in [4.69, 9.17) is 10.5 Å². The van der Waals surface area contributed by atoms with E-state index in [0.717, 1.165) is 16.8 Å². The summed E-state index contributed by atoms with van der Waals surface area (Å²) in [5, 5.41) is 7.69. The Morgan fingerprint density at radius 3 is 2.69 bits per heavy atom. The molecule has 0 spiro atoms. The van der Waals surface area contributed by atoms with Gasteiger partial charge in [0.05, 0.1) is 6.20 Å². The number of benzene rings is 1. The molecule has 2 N–H and O–H groups in total. The third kappa shape index (κ3) is 2.70. The van der Waals surface area contributed by atoms with Crippen LogP contribution in [0, 0.1) is 6.92 Å². The zero-order valence-electron chi connectivity index (χ0n) is 9.05. The third-order valence-corrected chi connectivity index (χ3v) is 2.14. The molecule has 2 rings (SSSR count). The summed E-state index contributed by atoms with van der Waals surface area (Å²) < 4.78 is 5.50. The molecule has 1 aromatic heterocycles. The molecule has 1 aromatic carbocycles. The molecule has 0 aliphatic carbocycles. The highest BCUT2D eigenvalue weighted by atomic mass is 16.5. The lowest BCUT2D eigenvalue weighted by molar-refractivity contribution is 0.290. The molecular weight excluding hydrogens is 202 g/mol. The minimum atomic E-state index is 0.471. The molecule has 1 heterocycles. The van der Waals surface area contributed by atoms with Crippen molar-refractivity contribution in [2.24, 2.45) is 0 Å². The van der Waals surface area contributed by atoms with Gasteiger partial charge in [-0.05, 0) is 30.2 Å². The Morgan fingerprint density at radius 2 is 2.00 bits per heavy atom. The van der Waals surface area contributed by atoms with E-state index in [-0.39, 0.29) is 0 Å².